The molecule has 1 aliphatic rings. The number of ether oxygens (including phenoxy) is 3. The van der Waals surface area contributed by atoms with E-state index in [-0.39, 0.29) is 24.1 Å². The average molecular weight is 349 g/mol. The minimum Gasteiger partial charge on any atom is -0.496 e. The highest BCUT2D eigenvalue weighted by Crippen LogP contribution is 2.30. The standard InChI is InChI=1S/C19H27NO5/c1-12-7-5-8-14(13(12)2)20-17(21)11-25-19(22)18-15(23-3)9-6-10-16(18)24-4/h6,9-10,12-14H,5,7-8,11H2,1-4H3,(H,20,21). The summed E-state index contributed by atoms with van der Waals surface area (Å²) in [7, 11) is 2.92. The van der Waals surface area contributed by atoms with Gasteiger partial charge in [0.15, 0.2) is 6.61 Å². The molecule has 2 rings (SSSR count). The summed E-state index contributed by atoms with van der Waals surface area (Å²) in [6, 6.07) is 5.14. The number of nitrogens with one attached hydrogen (secondary N) is 1. The molecule has 1 N–H and O–H groups in total. The van der Waals surface area contributed by atoms with Crippen molar-refractivity contribution in [3.63, 3.8) is 0 Å². The molecule has 1 aromatic carbocycles. The van der Waals surface area contributed by atoms with Crippen LogP contribution in [0.15, 0.2) is 18.2 Å². The lowest BCUT2D eigenvalue weighted by atomic mass is 9.78. The Balaban J connectivity index is 1.95. The molecule has 1 amide bonds. The molecule has 1 aromatic rings. The summed E-state index contributed by atoms with van der Waals surface area (Å²) >= 11 is 0. The molecule has 0 bridgehead atoms. The van der Waals surface area contributed by atoms with Gasteiger partial charge < -0.3 is 19.5 Å². The molecule has 0 heterocycles. The van der Waals surface area contributed by atoms with Crippen LogP contribution >= 0.6 is 0 Å². The predicted octanol–water partition coefficient (Wildman–Crippen LogP) is 2.80. The molecular weight excluding hydrogens is 322 g/mol. The topological polar surface area (TPSA) is 73.9 Å². The van der Waals surface area contributed by atoms with E-state index in [1.54, 1.807) is 18.2 Å². The summed E-state index contributed by atoms with van der Waals surface area (Å²) in [6.07, 6.45) is 3.26. The molecule has 138 valence electrons. The number of carbonyl (C=O) groups is 2. The first-order valence-electron chi connectivity index (χ1n) is 8.65. The lowest BCUT2D eigenvalue weighted by Crippen LogP contribution is -2.45. The van der Waals surface area contributed by atoms with E-state index in [0.717, 1.165) is 12.8 Å². The fourth-order valence-corrected chi connectivity index (χ4v) is 3.29. The van der Waals surface area contributed by atoms with Gasteiger partial charge in [-0.15, -0.1) is 0 Å². The van der Waals surface area contributed by atoms with Gasteiger partial charge in [0.25, 0.3) is 5.91 Å². The van der Waals surface area contributed by atoms with Crippen molar-refractivity contribution >= 4 is 11.9 Å². The van der Waals surface area contributed by atoms with Crippen molar-refractivity contribution in [1.29, 1.82) is 0 Å². The van der Waals surface area contributed by atoms with Gasteiger partial charge in [-0.1, -0.05) is 32.8 Å². The van der Waals surface area contributed by atoms with Crippen molar-refractivity contribution in [2.24, 2.45) is 11.8 Å². The zero-order valence-corrected chi connectivity index (χ0v) is 15.3. The summed E-state index contributed by atoms with van der Waals surface area (Å²) in [6.45, 7) is 4.04. The zero-order valence-electron chi connectivity index (χ0n) is 15.3. The van der Waals surface area contributed by atoms with E-state index in [1.807, 2.05) is 0 Å². The molecule has 0 radical (unpaired) electrons. The first-order chi connectivity index (χ1) is 12.0. The Kier molecular flexibility index (Phi) is 6.67. The van der Waals surface area contributed by atoms with E-state index in [9.17, 15) is 9.59 Å². The molecule has 0 saturated heterocycles. The minimum atomic E-state index is -0.644. The van der Waals surface area contributed by atoms with E-state index in [4.69, 9.17) is 14.2 Å². The number of carbonyl (C=O) groups excluding carboxylic acids is 2. The molecule has 6 nitrogen and oxygen atoms in total. The van der Waals surface area contributed by atoms with Gasteiger partial charge in [-0.2, -0.15) is 0 Å². The summed E-state index contributed by atoms with van der Waals surface area (Å²) in [5, 5.41) is 2.98. The van der Waals surface area contributed by atoms with Gasteiger partial charge in [0.1, 0.15) is 17.1 Å². The highest BCUT2D eigenvalue weighted by atomic mass is 16.5. The molecule has 0 aliphatic heterocycles. The third-order valence-corrected chi connectivity index (χ3v) is 5.02. The monoisotopic (exact) mass is 349 g/mol. The molecule has 25 heavy (non-hydrogen) atoms. The second kappa shape index (κ2) is 8.74. The van der Waals surface area contributed by atoms with Crippen LogP contribution in [0.1, 0.15) is 43.5 Å². The van der Waals surface area contributed by atoms with Crippen LogP contribution < -0.4 is 14.8 Å². The van der Waals surface area contributed by atoms with E-state index >= 15 is 0 Å². The Morgan fingerprint density at radius 1 is 1.12 bits per heavy atom. The highest BCUT2D eigenvalue weighted by Gasteiger charge is 2.28. The van der Waals surface area contributed by atoms with Crippen molar-refractivity contribution in [3.05, 3.63) is 23.8 Å². The molecule has 1 fully saturated rings. The number of rotatable bonds is 6. The molecule has 1 saturated carbocycles. The number of amides is 1. The Morgan fingerprint density at radius 2 is 1.76 bits per heavy atom. The van der Waals surface area contributed by atoms with E-state index in [0.29, 0.717) is 23.3 Å². The Morgan fingerprint density at radius 3 is 2.36 bits per heavy atom. The van der Waals surface area contributed by atoms with Gasteiger partial charge in [-0.05, 0) is 30.4 Å². The number of benzene rings is 1. The van der Waals surface area contributed by atoms with Crippen molar-refractivity contribution in [3.8, 4) is 11.5 Å². The van der Waals surface area contributed by atoms with Crippen molar-refractivity contribution < 1.29 is 23.8 Å². The fraction of sp³-hybridized carbons (Fsp3) is 0.579. The van der Waals surface area contributed by atoms with Crippen LogP contribution in [-0.2, 0) is 9.53 Å². The maximum absolute atomic E-state index is 12.4. The SMILES string of the molecule is COc1cccc(OC)c1C(=O)OCC(=O)NC1CCCC(C)C1C. The summed E-state index contributed by atoms with van der Waals surface area (Å²) in [5.74, 6) is 0.767. The number of hydrogen-bond donors (Lipinski definition) is 1. The lowest BCUT2D eigenvalue weighted by molar-refractivity contribution is -0.125. The third-order valence-electron chi connectivity index (χ3n) is 5.02. The number of esters is 1. The van der Waals surface area contributed by atoms with Gasteiger partial charge in [-0.25, -0.2) is 4.79 Å². The average Bonchev–Trinajstić information content (AvgIpc) is 2.62. The van der Waals surface area contributed by atoms with E-state index < -0.39 is 5.97 Å². The van der Waals surface area contributed by atoms with Crippen molar-refractivity contribution in [2.45, 2.75) is 39.2 Å². The van der Waals surface area contributed by atoms with Crippen LogP contribution in [0, 0.1) is 11.8 Å². The predicted molar refractivity (Wildman–Crippen MR) is 93.9 cm³/mol. The van der Waals surface area contributed by atoms with Gasteiger partial charge >= 0.3 is 5.97 Å². The maximum Gasteiger partial charge on any atom is 0.346 e. The van der Waals surface area contributed by atoms with E-state index in [1.165, 1.54) is 20.6 Å². The lowest BCUT2D eigenvalue weighted by Gasteiger charge is -2.34. The van der Waals surface area contributed by atoms with Gasteiger partial charge in [0, 0.05) is 6.04 Å². The molecule has 3 unspecified atom stereocenters. The first-order valence-corrected chi connectivity index (χ1v) is 8.65. The third kappa shape index (κ3) is 4.65. The van der Waals surface area contributed by atoms with Gasteiger partial charge in [-0.3, -0.25) is 4.79 Å². The fourth-order valence-electron chi connectivity index (χ4n) is 3.29. The Hall–Kier alpha value is -2.24. The zero-order chi connectivity index (χ0) is 18.4. The largest absolute Gasteiger partial charge is 0.496 e. The molecule has 6 heteroatoms. The summed E-state index contributed by atoms with van der Waals surface area (Å²) in [5.41, 5.74) is 0.181. The van der Waals surface area contributed by atoms with Gasteiger partial charge in [0.2, 0.25) is 0 Å². The smallest absolute Gasteiger partial charge is 0.346 e. The summed E-state index contributed by atoms with van der Waals surface area (Å²) in [4.78, 5) is 24.5. The Bertz CT molecular complexity index is 594. The van der Waals surface area contributed by atoms with Crippen LogP contribution in [0.5, 0.6) is 11.5 Å². The molecule has 0 spiro atoms. The highest BCUT2D eigenvalue weighted by molar-refractivity contribution is 5.96. The minimum absolute atomic E-state index is 0.135. The maximum atomic E-state index is 12.4. The Labute approximate surface area is 148 Å². The number of methoxy groups -OCH3 is 2. The van der Waals surface area contributed by atoms with Crippen LogP contribution in [0.25, 0.3) is 0 Å². The van der Waals surface area contributed by atoms with Crippen LogP contribution in [0.3, 0.4) is 0 Å². The molecule has 0 aromatic heterocycles. The molecule has 1 aliphatic carbocycles. The molecule has 3 atom stereocenters. The second-order valence-electron chi connectivity index (χ2n) is 6.55. The van der Waals surface area contributed by atoms with Crippen molar-refractivity contribution in [2.75, 3.05) is 20.8 Å². The van der Waals surface area contributed by atoms with Crippen LogP contribution in [-0.4, -0.2) is 38.7 Å². The van der Waals surface area contributed by atoms with Crippen LogP contribution in [0.2, 0.25) is 0 Å². The normalized spacial score (nSPS) is 22.8. The second-order valence-corrected chi connectivity index (χ2v) is 6.55. The quantitative estimate of drug-likeness (QED) is 0.800. The number of hydrogen-bond acceptors (Lipinski definition) is 5. The summed E-state index contributed by atoms with van der Waals surface area (Å²) < 4.78 is 15.5. The molecular formula is C19H27NO5. The van der Waals surface area contributed by atoms with Gasteiger partial charge in [0.05, 0.1) is 14.2 Å². The van der Waals surface area contributed by atoms with Crippen LogP contribution in [0.4, 0.5) is 0 Å². The van der Waals surface area contributed by atoms with Crippen molar-refractivity contribution in [1.82, 2.24) is 5.32 Å². The van der Waals surface area contributed by atoms with E-state index in [2.05, 4.69) is 19.2 Å². The first kappa shape index (κ1) is 19.1.